The summed E-state index contributed by atoms with van der Waals surface area (Å²) in [5.74, 6) is 0.961. The lowest BCUT2D eigenvalue weighted by Gasteiger charge is -2.25. The molecule has 1 aliphatic heterocycles. The average molecular weight is 523 g/mol. The Morgan fingerprint density at radius 3 is 2.47 bits per heavy atom. The van der Waals surface area contributed by atoms with Gasteiger partial charge in [-0.3, -0.25) is 4.79 Å². The average Bonchev–Trinajstić information content (AvgIpc) is 2.81. The summed E-state index contributed by atoms with van der Waals surface area (Å²) in [4.78, 5) is 23.4. The monoisotopic (exact) mass is 521 g/mol. The normalized spacial score (nSPS) is 14.5. The zero-order valence-corrected chi connectivity index (χ0v) is 19.8. The Balaban J connectivity index is 1.42. The Bertz CT molecular complexity index is 1230. The number of amides is 1. The Morgan fingerprint density at radius 1 is 1.00 bits per heavy atom. The fourth-order valence-corrected chi connectivity index (χ4v) is 3.95. The van der Waals surface area contributed by atoms with Gasteiger partial charge >= 0.3 is 6.16 Å². The topological polar surface area (TPSA) is 94.1 Å². The number of carbonyl (C=O) groups is 2. The third kappa shape index (κ3) is 5.67. The van der Waals surface area contributed by atoms with Crippen molar-refractivity contribution in [3.05, 3.63) is 86.4 Å². The summed E-state index contributed by atoms with van der Waals surface area (Å²) in [5.41, 5.74) is 1.81. The van der Waals surface area contributed by atoms with Crippen LogP contribution in [0.5, 0.6) is 17.2 Å². The Hall–Kier alpha value is -3.13. The third-order valence-corrected chi connectivity index (χ3v) is 6.11. The van der Waals surface area contributed by atoms with E-state index in [1.807, 2.05) is 0 Å². The van der Waals surface area contributed by atoms with E-state index in [-0.39, 0.29) is 10.9 Å². The van der Waals surface area contributed by atoms with Crippen molar-refractivity contribution in [3.63, 3.8) is 0 Å². The fourth-order valence-electron chi connectivity index (χ4n) is 3.42. The number of hydrogen-bond acceptors (Lipinski definition) is 5. The van der Waals surface area contributed by atoms with Crippen LogP contribution in [0.25, 0.3) is 0 Å². The van der Waals surface area contributed by atoms with Crippen LogP contribution in [-0.4, -0.2) is 23.8 Å². The van der Waals surface area contributed by atoms with Gasteiger partial charge in [0.25, 0.3) is 5.91 Å². The summed E-state index contributed by atoms with van der Waals surface area (Å²) in [5, 5.41) is 12.9. The van der Waals surface area contributed by atoms with Gasteiger partial charge in [-0.2, -0.15) is 0 Å². The van der Waals surface area contributed by atoms with Crippen molar-refractivity contribution in [2.24, 2.45) is 0 Å². The summed E-state index contributed by atoms with van der Waals surface area (Å²) < 4.78 is 16.4. The highest BCUT2D eigenvalue weighted by Crippen LogP contribution is 2.42. The van der Waals surface area contributed by atoms with Gasteiger partial charge in [0.1, 0.15) is 23.4 Å². The van der Waals surface area contributed by atoms with Crippen molar-refractivity contribution in [2.75, 3.05) is 6.61 Å². The van der Waals surface area contributed by atoms with Gasteiger partial charge in [0.2, 0.25) is 0 Å². The van der Waals surface area contributed by atoms with E-state index >= 15 is 0 Å². The van der Waals surface area contributed by atoms with Gasteiger partial charge in [-0.05, 0) is 48.0 Å². The van der Waals surface area contributed by atoms with Crippen LogP contribution in [0, 0.1) is 0 Å². The molecule has 1 heterocycles. The third-order valence-electron chi connectivity index (χ3n) is 5.07. The zero-order chi connectivity index (χ0) is 24.2. The van der Waals surface area contributed by atoms with Gasteiger partial charge in [-0.15, -0.1) is 0 Å². The van der Waals surface area contributed by atoms with E-state index in [9.17, 15) is 9.59 Å². The number of hydrogen-bond donors (Lipinski definition) is 2. The molecule has 1 amide bonds. The molecule has 0 bridgehead atoms. The summed E-state index contributed by atoms with van der Waals surface area (Å²) in [7, 11) is 0. The molecule has 0 aliphatic carbocycles. The number of halogens is 3. The molecule has 0 aromatic heterocycles. The number of carboxylic acid groups (broad SMARTS) is 1. The Kier molecular flexibility index (Phi) is 7.36. The molecule has 0 saturated carbocycles. The van der Waals surface area contributed by atoms with Crippen LogP contribution in [0.15, 0.2) is 54.6 Å². The summed E-state index contributed by atoms with van der Waals surface area (Å²) >= 11 is 18.3. The number of fused-ring (bicyclic) bond motifs is 1. The quantitative estimate of drug-likeness (QED) is 0.342. The van der Waals surface area contributed by atoms with Crippen molar-refractivity contribution in [3.8, 4) is 17.2 Å². The predicted octanol–water partition coefficient (Wildman–Crippen LogP) is 6.89. The van der Waals surface area contributed by atoms with E-state index in [0.717, 1.165) is 5.56 Å². The van der Waals surface area contributed by atoms with E-state index in [0.29, 0.717) is 58.0 Å². The highest BCUT2D eigenvalue weighted by molar-refractivity contribution is 6.42. The molecule has 7 nitrogen and oxygen atoms in total. The van der Waals surface area contributed by atoms with E-state index in [1.165, 1.54) is 0 Å². The Morgan fingerprint density at radius 2 is 1.76 bits per heavy atom. The molecule has 0 spiro atoms. The number of nitrogens with one attached hydrogen (secondary N) is 1. The summed E-state index contributed by atoms with van der Waals surface area (Å²) in [6.45, 7) is 0.601. The van der Waals surface area contributed by atoms with Crippen LogP contribution in [-0.2, 0) is 11.3 Å². The molecule has 176 valence electrons. The van der Waals surface area contributed by atoms with Gasteiger partial charge in [0.15, 0.2) is 0 Å². The molecular weight excluding hydrogens is 505 g/mol. The molecule has 1 atom stereocenters. The first-order chi connectivity index (χ1) is 16.3. The smallest absolute Gasteiger partial charge is 0.493 e. The lowest BCUT2D eigenvalue weighted by atomic mass is 10.0. The highest BCUT2D eigenvalue weighted by Gasteiger charge is 2.27. The maximum absolute atomic E-state index is 12.5. The molecule has 2 N–H and O–H groups in total. The lowest BCUT2D eigenvalue weighted by molar-refractivity contribution is 0.0326. The molecule has 3 aromatic rings. The van der Waals surface area contributed by atoms with E-state index < -0.39 is 12.3 Å². The predicted molar refractivity (Wildman–Crippen MR) is 128 cm³/mol. The maximum atomic E-state index is 12.5. The first-order valence-corrected chi connectivity index (χ1v) is 11.3. The van der Waals surface area contributed by atoms with E-state index in [2.05, 4.69) is 5.32 Å². The lowest BCUT2D eigenvalue weighted by Crippen LogP contribution is -2.22. The molecule has 0 saturated heterocycles. The van der Waals surface area contributed by atoms with Crippen LogP contribution in [0.3, 0.4) is 0 Å². The molecule has 0 radical (unpaired) electrons. The second kappa shape index (κ2) is 10.4. The van der Waals surface area contributed by atoms with Gasteiger partial charge in [-0.25, -0.2) is 4.79 Å². The number of rotatable bonds is 6. The summed E-state index contributed by atoms with van der Waals surface area (Å²) in [6, 6.07) is 14.8. The van der Waals surface area contributed by atoms with Gasteiger partial charge in [0, 0.05) is 30.2 Å². The van der Waals surface area contributed by atoms with E-state index in [1.54, 1.807) is 54.6 Å². The van der Waals surface area contributed by atoms with Gasteiger partial charge in [-0.1, -0.05) is 40.9 Å². The van der Waals surface area contributed by atoms with Crippen LogP contribution in [0.4, 0.5) is 4.79 Å². The minimum atomic E-state index is -1.37. The number of benzene rings is 3. The van der Waals surface area contributed by atoms with Gasteiger partial charge in [0.05, 0.1) is 21.7 Å². The minimum Gasteiger partial charge on any atom is -0.493 e. The van der Waals surface area contributed by atoms with Crippen LogP contribution in [0.2, 0.25) is 15.1 Å². The number of carbonyl (C=O) groups excluding carboxylic acids is 1. The molecule has 1 unspecified atom stereocenters. The SMILES string of the molecule is O=C(O)OC1CCOc2cc(Oc3ccc(C(=O)NCc4ccc(Cl)c(Cl)c4)cc3)c(Cl)cc21. The number of ether oxygens (including phenoxy) is 3. The molecular formula is C24H18Cl3NO6. The highest BCUT2D eigenvalue weighted by atomic mass is 35.5. The first-order valence-electron chi connectivity index (χ1n) is 10.2. The summed E-state index contributed by atoms with van der Waals surface area (Å²) in [6.07, 6.45) is -1.63. The fraction of sp³-hybridized carbons (Fsp3) is 0.167. The molecule has 4 rings (SSSR count). The molecule has 1 aliphatic rings. The molecule has 0 fully saturated rings. The first kappa shape index (κ1) is 24.0. The Labute approximate surface area is 210 Å². The van der Waals surface area contributed by atoms with Crippen molar-refractivity contribution in [1.29, 1.82) is 0 Å². The van der Waals surface area contributed by atoms with Crippen molar-refractivity contribution < 1.29 is 28.9 Å². The second-order valence-electron chi connectivity index (χ2n) is 7.39. The largest absolute Gasteiger partial charge is 0.506 e. The van der Waals surface area contributed by atoms with Crippen molar-refractivity contribution >= 4 is 46.9 Å². The molecule has 10 heteroatoms. The molecule has 3 aromatic carbocycles. The maximum Gasteiger partial charge on any atom is 0.506 e. The van der Waals surface area contributed by atoms with Crippen LogP contribution in [0.1, 0.15) is 34.0 Å². The minimum absolute atomic E-state index is 0.262. The standard InChI is InChI=1S/C24H18Cl3NO6/c25-17-6-1-13(9-18(17)26)12-28-23(29)14-2-4-15(5-3-14)33-22-11-21-16(10-19(22)27)20(7-8-32-21)34-24(30)31/h1-6,9-11,20H,7-8,12H2,(H,28,29)(H,30,31). The van der Waals surface area contributed by atoms with E-state index in [4.69, 9.17) is 54.1 Å². The van der Waals surface area contributed by atoms with Crippen molar-refractivity contribution in [2.45, 2.75) is 19.1 Å². The van der Waals surface area contributed by atoms with Crippen LogP contribution >= 0.6 is 34.8 Å². The second-order valence-corrected chi connectivity index (χ2v) is 8.61. The van der Waals surface area contributed by atoms with Crippen molar-refractivity contribution in [1.82, 2.24) is 5.32 Å². The molecule has 34 heavy (non-hydrogen) atoms. The zero-order valence-electron chi connectivity index (χ0n) is 17.5. The van der Waals surface area contributed by atoms with Gasteiger partial charge < -0.3 is 24.6 Å². The van der Waals surface area contributed by atoms with Crippen LogP contribution < -0.4 is 14.8 Å².